The summed E-state index contributed by atoms with van der Waals surface area (Å²) in [6.07, 6.45) is 0. The maximum absolute atomic E-state index is 10.7. The minimum absolute atomic E-state index is 0.0998. The Labute approximate surface area is 122 Å². The van der Waals surface area contributed by atoms with Gasteiger partial charge in [-0.15, -0.1) is 0 Å². The van der Waals surface area contributed by atoms with Gasteiger partial charge in [0, 0.05) is 41.5 Å². The number of hydrogen-bond donors (Lipinski definition) is 1. The third-order valence-electron chi connectivity index (χ3n) is 3.64. The first-order valence-corrected chi connectivity index (χ1v) is 6.63. The second-order valence-corrected chi connectivity index (χ2v) is 4.98. The molecule has 0 atom stereocenters. The average molecular weight is 281 g/mol. The predicted molar refractivity (Wildman–Crippen MR) is 84.2 cm³/mol. The van der Waals surface area contributed by atoms with E-state index in [1.807, 2.05) is 37.1 Å². The standard InChI is InChI=1S/C16H15N3O2/c1-11-16(14-5-3-4-6-15(14)17-11)18(2)12-7-9-13(10-8-12)19(20)21/h3-10,17H,1-2H3. The van der Waals surface area contributed by atoms with Crippen LogP contribution in [0.25, 0.3) is 10.9 Å². The van der Waals surface area contributed by atoms with Crippen molar-refractivity contribution in [3.8, 4) is 0 Å². The van der Waals surface area contributed by atoms with Gasteiger partial charge in [-0.25, -0.2) is 0 Å². The lowest BCUT2D eigenvalue weighted by Gasteiger charge is -2.19. The van der Waals surface area contributed by atoms with Crippen LogP contribution in [0.4, 0.5) is 17.1 Å². The van der Waals surface area contributed by atoms with E-state index in [1.165, 1.54) is 12.1 Å². The molecule has 0 aliphatic heterocycles. The highest BCUT2D eigenvalue weighted by atomic mass is 16.6. The van der Waals surface area contributed by atoms with Crippen LogP contribution in [0.3, 0.4) is 0 Å². The number of nitrogens with zero attached hydrogens (tertiary/aromatic N) is 2. The lowest BCUT2D eigenvalue weighted by atomic mass is 10.2. The van der Waals surface area contributed by atoms with Gasteiger partial charge in [-0.3, -0.25) is 10.1 Å². The van der Waals surface area contributed by atoms with Gasteiger partial charge < -0.3 is 9.88 Å². The summed E-state index contributed by atoms with van der Waals surface area (Å²) in [5.74, 6) is 0. The minimum Gasteiger partial charge on any atom is -0.357 e. The summed E-state index contributed by atoms with van der Waals surface area (Å²) >= 11 is 0. The maximum Gasteiger partial charge on any atom is 0.269 e. The van der Waals surface area contributed by atoms with Gasteiger partial charge in [0.1, 0.15) is 0 Å². The molecule has 0 fully saturated rings. The first-order valence-electron chi connectivity index (χ1n) is 6.63. The Morgan fingerprint density at radius 2 is 1.76 bits per heavy atom. The molecule has 0 spiro atoms. The molecule has 0 saturated heterocycles. The quantitative estimate of drug-likeness (QED) is 0.579. The monoisotopic (exact) mass is 281 g/mol. The third-order valence-corrected chi connectivity index (χ3v) is 3.64. The van der Waals surface area contributed by atoms with Crippen molar-refractivity contribution in [3.63, 3.8) is 0 Å². The van der Waals surface area contributed by atoms with Gasteiger partial charge >= 0.3 is 0 Å². The van der Waals surface area contributed by atoms with Crippen LogP contribution in [0, 0.1) is 17.0 Å². The number of fused-ring (bicyclic) bond motifs is 1. The smallest absolute Gasteiger partial charge is 0.269 e. The summed E-state index contributed by atoms with van der Waals surface area (Å²) in [5, 5.41) is 11.9. The molecule has 1 aromatic heterocycles. The van der Waals surface area contributed by atoms with Crippen LogP contribution in [-0.2, 0) is 0 Å². The summed E-state index contributed by atoms with van der Waals surface area (Å²) in [6.45, 7) is 2.03. The number of rotatable bonds is 3. The zero-order chi connectivity index (χ0) is 15.0. The molecule has 0 unspecified atom stereocenters. The van der Waals surface area contributed by atoms with Crippen molar-refractivity contribution in [3.05, 3.63) is 64.3 Å². The van der Waals surface area contributed by atoms with Gasteiger partial charge in [0.25, 0.3) is 5.69 Å². The molecule has 21 heavy (non-hydrogen) atoms. The van der Waals surface area contributed by atoms with E-state index in [0.29, 0.717) is 0 Å². The lowest BCUT2D eigenvalue weighted by molar-refractivity contribution is -0.384. The molecule has 0 radical (unpaired) electrons. The van der Waals surface area contributed by atoms with Crippen molar-refractivity contribution in [1.82, 2.24) is 4.98 Å². The van der Waals surface area contributed by atoms with Crippen LogP contribution >= 0.6 is 0 Å². The molecule has 1 heterocycles. The molecular weight excluding hydrogens is 266 g/mol. The molecule has 0 aliphatic rings. The van der Waals surface area contributed by atoms with Crippen molar-refractivity contribution >= 4 is 28.0 Å². The Morgan fingerprint density at radius 1 is 1.10 bits per heavy atom. The number of H-pyrrole nitrogens is 1. The van der Waals surface area contributed by atoms with Crippen LogP contribution < -0.4 is 4.90 Å². The Hall–Kier alpha value is -2.82. The number of nitrogens with one attached hydrogen (secondary N) is 1. The van der Waals surface area contributed by atoms with E-state index in [4.69, 9.17) is 0 Å². The van der Waals surface area contributed by atoms with Gasteiger partial charge in [0.05, 0.1) is 10.6 Å². The fraction of sp³-hybridized carbons (Fsp3) is 0.125. The number of hydrogen-bond acceptors (Lipinski definition) is 3. The fourth-order valence-corrected chi connectivity index (χ4v) is 2.62. The van der Waals surface area contributed by atoms with E-state index in [2.05, 4.69) is 11.1 Å². The summed E-state index contributed by atoms with van der Waals surface area (Å²) in [6, 6.07) is 14.7. The number of nitro benzene ring substituents is 1. The first kappa shape index (κ1) is 13.2. The van der Waals surface area contributed by atoms with E-state index in [9.17, 15) is 10.1 Å². The van der Waals surface area contributed by atoms with Crippen LogP contribution in [0.5, 0.6) is 0 Å². The van der Waals surface area contributed by atoms with Crippen LogP contribution in [0.1, 0.15) is 5.69 Å². The Balaban J connectivity index is 2.05. The van der Waals surface area contributed by atoms with Crippen molar-refractivity contribution in [1.29, 1.82) is 0 Å². The molecular formula is C16H15N3O2. The number of nitro groups is 1. The number of para-hydroxylation sites is 1. The number of benzene rings is 2. The lowest BCUT2D eigenvalue weighted by Crippen LogP contribution is -2.10. The minimum atomic E-state index is -0.388. The van der Waals surface area contributed by atoms with Crippen molar-refractivity contribution in [2.45, 2.75) is 6.92 Å². The number of aryl methyl sites for hydroxylation is 1. The second kappa shape index (κ2) is 4.94. The highest BCUT2D eigenvalue weighted by Crippen LogP contribution is 2.34. The number of aromatic amines is 1. The molecule has 0 aliphatic carbocycles. The second-order valence-electron chi connectivity index (χ2n) is 4.98. The van der Waals surface area contributed by atoms with E-state index >= 15 is 0 Å². The van der Waals surface area contributed by atoms with Crippen LogP contribution in [0.2, 0.25) is 0 Å². The van der Waals surface area contributed by atoms with Crippen LogP contribution in [-0.4, -0.2) is 17.0 Å². The van der Waals surface area contributed by atoms with E-state index < -0.39 is 0 Å². The molecule has 5 nitrogen and oxygen atoms in total. The molecule has 0 bridgehead atoms. The fourth-order valence-electron chi connectivity index (χ4n) is 2.62. The number of aromatic nitrogens is 1. The molecule has 106 valence electrons. The van der Waals surface area contributed by atoms with E-state index in [-0.39, 0.29) is 10.6 Å². The van der Waals surface area contributed by atoms with Gasteiger partial charge in [0.15, 0.2) is 0 Å². The Morgan fingerprint density at radius 3 is 2.43 bits per heavy atom. The molecule has 0 saturated carbocycles. The highest BCUT2D eigenvalue weighted by molar-refractivity contribution is 5.96. The molecule has 2 aromatic carbocycles. The topological polar surface area (TPSA) is 62.2 Å². The number of non-ortho nitro benzene ring substituents is 1. The molecule has 5 heteroatoms. The normalized spacial score (nSPS) is 10.8. The zero-order valence-corrected chi connectivity index (χ0v) is 11.8. The summed E-state index contributed by atoms with van der Waals surface area (Å²) in [7, 11) is 1.96. The van der Waals surface area contributed by atoms with Crippen molar-refractivity contribution < 1.29 is 4.92 Å². The molecule has 3 rings (SSSR count). The van der Waals surface area contributed by atoms with Crippen molar-refractivity contribution in [2.75, 3.05) is 11.9 Å². The van der Waals surface area contributed by atoms with Crippen LogP contribution in [0.15, 0.2) is 48.5 Å². The zero-order valence-electron chi connectivity index (χ0n) is 11.8. The summed E-state index contributed by atoms with van der Waals surface area (Å²) < 4.78 is 0. The molecule has 0 amide bonds. The summed E-state index contributed by atoms with van der Waals surface area (Å²) in [4.78, 5) is 15.7. The van der Waals surface area contributed by atoms with E-state index in [1.54, 1.807) is 12.1 Å². The Kier molecular flexibility index (Phi) is 3.10. The highest BCUT2D eigenvalue weighted by Gasteiger charge is 2.14. The van der Waals surface area contributed by atoms with Crippen molar-refractivity contribution in [2.24, 2.45) is 0 Å². The van der Waals surface area contributed by atoms with E-state index in [0.717, 1.165) is 28.0 Å². The van der Waals surface area contributed by atoms with Gasteiger partial charge in [0.2, 0.25) is 0 Å². The van der Waals surface area contributed by atoms with Gasteiger partial charge in [-0.2, -0.15) is 0 Å². The van der Waals surface area contributed by atoms with Gasteiger partial charge in [-0.05, 0) is 25.1 Å². The molecule has 1 N–H and O–H groups in total. The summed E-state index contributed by atoms with van der Waals surface area (Å²) in [5.41, 5.74) is 4.24. The predicted octanol–water partition coefficient (Wildman–Crippen LogP) is 4.15. The first-order chi connectivity index (χ1) is 10.1. The SMILES string of the molecule is Cc1[nH]c2ccccc2c1N(C)c1ccc([N+](=O)[O-])cc1. The largest absolute Gasteiger partial charge is 0.357 e. The molecule has 3 aromatic rings. The Bertz CT molecular complexity index is 806. The van der Waals surface area contributed by atoms with Gasteiger partial charge in [-0.1, -0.05) is 18.2 Å². The average Bonchev–Trinajstić information content (AvgIpc) is 2.82. The maximum atomic E-state index is 10.7. The number of anilines is 2. The third kappa shape index (κ3) is 2.23.